The van der Waals surface area contributed by atoms with Crippen molar-refractivity contribution in [2.45, 2.75) is 19.7 Å². The molecule has 2 aromatic heterocycles. The third-order valence-corrected chi connectivity index (χ3v) is 7.03. The summed E-state index contributed by atoms with van der Waals surface area (Å²) in [7, 11) is 2.88. The highest BCUT2D eigenvalue weighted by molar-refractivity contribution is 9.10. The number of rotatable bonds is 11. The first kappa shape index (κ1) is 35.3. The predicted octanol–water partition coefficient (Wildman–Crippen LogP) is 6.37. The molecular formula is C35H31BrF2N4O6. The second-order valence-electron chi connectivity index (χ2n) is 9.93. The lowest BCUT2D eigenvalue weighted by atomic mass is 10.2. The molecule has 0 atom stereocenters. The number of nitrogens with one attached hydrogen (secondary N) is 2. The van der Waals surface area contributed by atoms with E-state index in [-0.39, 0.29) is 60.0 Å². The topological polar surface area (TPSA) is 132 Å². The van der Waals surface area contributed by atoms with Crippen molar-refractivity contribution in [3.63, 3.8) is 0 Å². The van der Waals surface area contributed by atoms with Gasteiger partial charge in [-0.15, -0.1) is 0 Å². The van der Waals surface area contributed by atoms with Gasteiger partial charge in [-0.2, -0.15) is 0 Å². The van der Waals surface area contributed by atoms with Gasteiger partial charge in [0.25, 0.3) is 11.8 Å². The van der Waals surface area contributed by atoms with E-state index in [0.717, 1.165) is 16.7 Å². The Balaban J connectivity index is 0.000000229. The van der Waals surface area contributed by atoms with Gasteiger partial charge in [-0.1, -0.05) is 54.6 Å². The minimum atomic E-state index is -0.536. The number of methoxy groups -OCH3 is 2. The molecule has 0 aliphatic heterocycles. The zero-order valence-electron chi connectivity index (χ0n) is 25.9. The number of carbonyl (C=O) groups is 2. The van der Waals surface area contributed by atoms with Crippen LogP contribution in [-0.2, 0) is 19.7 Å². The number of ether oxygens (including phenoxy) is 3. The highest BCUT2D eigenvalue weighted by Gasteiger charge is 2.21. The highest BCUT2D eigenvalue weighted by atomic mass is 79.9. The maximum absolute atomic E-state index is 13.0. The Morgan fingerprint density at radius 3 is 1.83 bits per heavy atom. The molecule has 2 heterocycles. The van der Waals surface area contributed by atoms with Crippen molar-refractivity contribution in [2.75, 3.05) is 14.2 Å². The summed E-state index contributed by atoms with van der Waals surface area (Å²) in [6.45, 7) is 0.698. The summed E-state index contributed by atoms with van der Waals surface area (Å²) in [5.41, 5.74) is 2.44. The molecule has 3 N–H and O–H groups in total. The van der Waals surface area contributed by atoms with E-state index >= 15 is 0 Å². The van der Waals surface area contributed by atoms with Crippen molar-refractivity contribution in [1.82, 2.24) is 20.6 Å². The van der Waals surface area contributed by atoms with E-state index in [4.69, 9.17) is 14.2 Å². The smallest absolute Gasteiger partial charge is 0.274 e. The van der Waals surface area contributed by atoms with E-state index in [9.17, 15) is 23.5 Å². The number of amides is 2. The van der Waals surface area contributed by atoms with Crippen LogP contribution in [-0.4, -0.2) is 41.1 Å². The second kappa shape index (κ2) is 17.4. The van der Waals surface area contributed by atoms with Crippen LogP contribution in [0.1, 0.15) is 37.7 Å². The maximum atomic E-state index is 13.0. The van der Waals surface area contributed by atoms with Crippen molar-refractivity contribution in [1.29, 1.82) is 0 Å². The van der Waals surface area contributed by atoms with Crippen LogP contribution < -0.4 is 24.8 Å². The molecule has 0 aliphatic carbocycles. The summed E-state index contributed by atoms with van der Waals surface area (Å²) in [6, 6.07) is 24.3. The number of pyridine rings is 2. The van der Waals surface area contributed by atoms with Crippen LogP contribution in [0.15, 0.2) is 102 Å². The molecule has 3 aromatic carbocycles. The second-order valence-corrected chi connectivity index (χ2v) is 10.7. The molecule has 10 nitrogen and oxygen atoms in total. The predicted molar refractivity (Wildman–Crippen MR) is 177 cm³/mol. The fourth-order valence-electron chi connectivity index (χ4n) is 4.16. The van der Waals surface area contributed by atoms with Gasteiger partial charge in [-0.3, -0.25) is 9.59 Å². The molecule has 0 unspecified atom stereocenters. The Morgan fingerprint density at radius 2 is 1.29 bits per heavy atom. The largest absolute Gasteiger partial charge is 0.503 e. The van der Waals surface area contributed by atoms with Gasteiger partial charge in [0.2, 0.25) is 0 Å². The molecule has 248 valence electrons. The number of hydrogen-bond acceptors (Lipinski definition) is 8. The minimum absolute atomic E-state index is 0.101. The Morgan fingerprint density at radius 1 is 0.750 bits per heavy atom. The third kappa shape index (κ3) is 9.97. The molecule has 5 aromatic rings. The van der Waals surface area contributed by atoms with E-state index < -0.39 is 11.8 Å². The number of benzene rings is 3. The molecular weight excluding hydrogens is 690 g/mol. The van der Waals surface area contributed by atoms with Crippen LogP contribution in [0.3, 0.4) is 0 Å². The normalized spacial score (nSPS) is 10.3. The van der Waals surface area contributed by atoms with Crippen molar-refractivity contribution < 1.29 is 37.7 Å². The molecule has 0 radical (unpaired) electrons. The number of aromatic hydroxyl groups is 1. The van der Waals surface area contributed by atoms with Crippen LogP contribution in [0.2, 0.25) is 0 Å². The highest BCUT2D eigenvalue weighted by Crippen LogP contribution is 2.33. The summed E-state index contributed by atoms with van der Waals surface area (Å²) in [4.78, 5) is 32.7. The number of nitrogens with zero attached hydrogens (tertiary/aromatic N) is 2. The van der Waals surface area contributed by atoms with Crippen LogP contribution in [0.4, 0.5) is 8.78 Å². The van der Waals surface area contributed by atoms with Gasteiger partial charge < -0.3 is 30.0 Å². The molecule has 0 saturated heterocycles. The Kier molecular flexibility index (Phi) is 12.8. The first-order valence-corrected chi connectivity index (χ1v) is 15.2. The zero-order valence-corrected chi connectivity index (χ0v) is 27.5. The number of hydrogen-bond donors (Lipinski definition) is 3. The van der Waals surface area contributed by atoms with Gasteiger partial charge in [0, 0.05) is 31.4 Å². The van der Waals surface area contributed by atoms with Gasteiger partial charge in [-0.25, -0.2) is 18.7 Å². The van der Waals surface area contributed by atoms with Gasteiger partial charge in [0.15, 0.2) is 34.4 Å². The molecule has 0 aliphatic rings. The van der Waals surface area contributed by atoms with Crippen molar-refractivity contribution in [3.05, 3.63) is 142 Å². The third-order valence-electron chi connectivity index (χ3n) is 6.62. The molecule has 48 heavy (non-hydrogen) atoms. The summed E-state index contributed by atoms with van der Waals surface area (Å²) in [5, 5.41) is 15.2. The number of halogens is 3. The molecule has 0 spiro atoms. The lowest BCUT2D eigenvalue weighted by Crippen LogP contribution is -2.25. The number of aromatic nitrogens is 2. The SMILES string of the molecule is COc1cc(Br)nc(C(=O)NCc2ccc(F)cc2)c1OCc1ccccc1.COc1ccnc(C(=O)NCc2ccc(F)cc2)c1O. The van der Waals surface area contributed by atoms with Gasteiger partial charge in [0.05, 0.1) is 14.2 Å². The van der Waals surface area contributed by atoms with E-state index in [1.165, 1.54) is 50.7 Å². The fourth-order valence-corrected chi connectivity index (χ4v) is 4.54. The molecule has 0 bridgehead atoms. The first-order chi connectivity index (χ1) is 23.2. The van der Waals surface area contributed by atoms with Crippen LogP contribution in [0.5, 0.6) is 23.0 Å². The summed E-state index contributed by atoms with van der Waals surface area (Å²) in [5.74, 6) is -1.12. The molecule has 0 fully saturated rings. The van der Waals surface area contributed by atoms with Crippen molar-refractivity contribution in [2.24, 2.45) is 0 Å². The van der Waals surface area contributed by atoms with E-state index in [0.29, 0.717) is 10.4 Å². The first-order valence-electron chi connectivity index (χ1n) is 14.4. The van der Waals surface area contributed by atoms with Crippen LogP contribution in [0, 0.1) is 11.6 Å². The molecule has 0 saturated carbocycles. The quantitative estimate of drug-likeness (QED) is 0.134. The van der Waals surface area contributed by atoms with Gasteiger partial charge in [0.1, 0.15) is 22.8 Å². The Hall–Kier alpha value is -5.56. The van der Waals surface area contributed by atoms with Crippen LogP contribution in [0.25, 0.3) is 0 Å². The van der Waals surface area contributed by atoms with Gasteiger partial charge in [-0.05, 0) is 56.9 Å². The summed E-state index contributed by atoms with van der Waals surface area (Å²) < 4.78 is 42.3. The Bertz CT molecular complexity index is 1830. The molecule has 5 rings (SSSR count). The number of carbonyl (C=O) groups excluding carboxylic acids is 2. The summed E-state index contributed by atoms with van der Waals surface area (Å²) >= 11 is 3.29. The molecule has 2 amide bonds. The Labute approximate surface area is 283 Å². The van der Waals surface area contributed by atoms with Gasteiger partial charge >= 0.3 is 0 Å². The molecule has 13 heteroatoms. The fraction of sp³-hybridized carbons (Fsp3) is 0.143. The minimum Gasteiger partial charge on any atom is -0.503 e. The standard InChI is InChI=1S/C21H18BrFN2O3.C14H13FN2O3/c1-27-17-11-18(22)25-19(20(17)28-13-15-5-3-2-4-6-15)21(26)24-12-14-7-9-16(23)10-8-14;1-20-11-6-7-16-12(13(11)18)14(19)17-8-9-2-4-10(15)5-3-9/h2-11H,12-13H2,1H3,(H,24,26);2-7,18H,8H2,1H3,(H,17,19). The average Bonchev–Trinajstić information content (AvgIpc) is 3.10. The van der Waals surface area contributed by atoms with Crippen LogP contribution >= 0.6 is 15.9 Å². The zero-order chi connectivity index (χ0) is 34.5. The lowest BCUT2D eigenvalue weighted by molar-refractivity contribution is 0.0932. The monoisotopic (exact) mass is 720 g/mol. The van der Waals surface area contributed by atoms with Crippen molar-refractivity contribution in [3.8, 4) is 23.0 Å². The van der Waals surface area contributed by atoms with Crippen molar-refractivity contribution >= 4 is 27.7 Å². The maximum Gasteiger partial charge on any atom is 0.274 e. The van der Waals surface area contributed by atoms with E-state index in [1.54, 1.807) is 30.3 Å². The van der Waals surface area contributed by atoms with E-state index in [1.807, 2.05) is 30.3 Å². The van der Waals surface area contributed by atoms with E-state index in [2.05, 4.69) is 36.5 Å². The lowest BCUT2D eigenvalue weighted by Gasteiger charge is -2.15. The summed E-state index contributed by atoms with van der Waals surface area (Å²) in [6.07, 6.45) is 1.37. The average molecular weight is 722 g/mol.